The molecule has 1 heterocycles. The monoisotopic (exact) mass is 330 g/mol. The Morgan fingerprint density at radius 2 is 1.87 bits per heavy atom. The van der Waals surface area contributed by atoms with Gasteiger partial charge in [0.25, 0.3) is 5.91 Å². The van der Waals surface area contributed by atoms with Crippen LogP contribution in [0.1, 0.15) is 16.1 Å². The third kappa shape index (κ3) is 2.96. The number of halogens is 2. The summed E-state index contributed by atoms with van der Waals surface area (Å²) in [5, 5.41) is 6.89. The van der Waals surface area contributed by atoms with Gasteiger partial charge in [0.15, 0.2) is 0 Å². The molecule has 0 aliphatic heterocycles. The maximum Gasteiger partial charge on any atom is 0.261 e. The molecule has 0 aliphatic carbocycles. The molecular formula is C17H12ClFN2O2. The highest BCUT2D eigenvalue weighted by atomic mass is 35.5. The maximum absolute atomic E-state index is 13.7. The number of para-hydroxylation sites is 1. The molecule has 1 aromatic heterocycles. The minimum atomic E-state index is -0.519. The highest BCUT2D eigenvalue weighted by molar-refractivity contribution is 6.33. The van der Waals surface area contributed by atoms with E-state index in [1.54, 1.807) is 43.3 Å². The topological polar surface area (TPSA) is 55.1 Å². The summed E-state index contributed by atoms with van der Waals surface area (Å²) in [6, 6.07) is 12.9. The molecule has 3 rings (SSSR count). The number of rotatable bonds is 3. The fraction of sp³-hybridized carbons (Fsp3) is 0.0588. The van der Waals surface area contributed by atoms with Crippen LogP contribution in [0, 0.1) is 12.7 Å². The summed E-state index contributed by atoms with van der Waals surface area (Å²) in [7, 11) is 0. The van der Waals surface area contributed by atoms with Crippen LogP contribution in [0.2, 0.25) is 5.02 Å². The SMILES string of the molecule is Cc1onc(-c2ccccc2Cl)c1C(=O)Nc1ccccc1F. The van der Waals surface area contributed by atoms with Gasteiger partial charge in [-0.15, -0.1) is 0 Å². The Balaban J connectivity index is 2.01. The molecule has 116 valence electrons. The number of benzene rings is 2. The first-order valence-electron chi connectivity index (χ1n) is 6.85. The molecule has 0 fully saturated rings. The molecule has 0 aliphatic rings. The van der Waals surface area contributed by atoms with Gasteiger partial charge in [0.2, 0.25) is 0 Å². The highest BCUT2D eigenvalue weighted by Crippen LogP contribution is 2.31. The van der Waals surface area contributed by atoms with Gasteiger partial charge >= 0.3 is 0 Å². The Kier molecular flexibility index (Phi) is 4.12. The number of carbonyl (C=O) groups excluding carboxylic acids is 1. The fourth-order valence-electron chi connectivity index (χ4n) is 2.22. The molecule has 1 amide bonds. The Morgan fingerprint density at radius 3 is 2.61 bits per heavy atom. The second kappa shape index (κ2) is 6.22. The molecule has 3 aromatic rings. The second-order valence-electron chi connectivity index (χ2n) is 4.88. The minimum Gasteiger partial charge on any atom is -0.360 e. The normalized spacial score (nSPS) is 10.6. The number of aromatic nitrogens is 1. The minimum absolute atomic E-state index is 0.0863. The van der Waals surface area contributed by atoms with Crippen molar-refractivity contribution < 1.29 is 13.7 Å². The fourth-order valence-corrected chi connectivity index (χ4v) is 2.45. The zero-order valence-corrected chi connectivity index (χ0v) is 12.9. The first-order chi connectivity index (χ1) is 11.1. The quantitative estimate of drug-likeness (QED) is 0.757. The molecule has 0 unspecified atom stereocenters. The van der Waals surface area contributed by atoms with E-state index in [0.717, 1.165) is 0 Å². The van der Waals surface area contributed by atoms with Crippen molar-refractivity contribution in [2.75, 3.05) is 5.32 Å². The van der Waals surface area contributed by atoms with Gasteiger partial charge in [-0.1, -0.05) is 47.1 Å². The number of aryl methyl sites for hydroxylation is 1. The first kappa shape index (κ1) is 15.2. The number of nitrogens with one attached hydrogen (secondary N) is 1. The van der Waals surface area contributed by atoms with E-state index in [1.165, 1.54) is 12.1 Å². The molecule has 0 bridgehead atoms. The zero-order chi connectivity index (χ0) is 16.4. The smallest absolute Gasteiger partial charge is 0.261 e. The van der Waals surface area contributed by atoms with Crippen molar-refractivity contribution >= 4 is 23.2 Å². The Bertz CT molecular complexity index is 877. The van der Waals surface area contributed by atoms with Gasteiger partial charge in [-0.05, 0) is 25.1 Å². The van der Waals surface area contributed by atoms with Crippen molar-refractivity contribution in [3.8, 4) is 11.3 Å². The van der Waals surface area contributed by atoms with Gasteiger partial charge in [0, 0.05) is 5.56 Å². The van der Waals surface area contributed by atoms with E-state index in [-0.39, 0.29) is 11.3 Å². The third-order valence-electron chi connectivity index (χ3n) is 3.34. The molecule has 0 radical (unpaired) electrons. The number of carbonyl (C=O) groups is 1. The molecule has 2 aromatic carbocycles. The lowest BCUT2D eigenvalue weighted by atomic mass is 10.1. The molecule has 0 saturated carbocycles. The van der Waals surface area contributed by atoms with Crippen molar-refractivity contribution in [2.24, 2.45) is 0 Å². The van der Waals surface area contributed by atoms with E-state index in [2.05, 4.69) is 10.5 Å². The van der Waals surface area contributed by atoms with E-state index in [0.29, 0.717) is 22.0 Å². The van der Waals surface area contributed by atoms with Crippen molar-refractivity contribution in [1.29, 1.82) is 0 Å². The van der Waals surface area contributed by atoms with Crippen LogP contribution in [0.4, 0.5) is 10.1 Å². The molecule has 6 heteroatoms. The van der Waals surface area contributed by atoms with E-state index < -0.39 is 11.7 Å². The number of anilines is 1. The second-order valence-corrected chi connectivity index (χ2v) is 5.28. The van der Waals surface area contributed by atoms with Gasteiger partial charge in [0.05, 0.1) is 10.7 Å². The van der Waals surface area contributed by atoms with E-state index in [9.17, 15) is 9.18 Å². The van der Waals surface area contributed by atoms with E-state index in [4.69, 9.17) is 16.1 Å². The molecule has 23 heavy (non-hydrogen) atoms. The molecular weight excluding hydrogens is 319 g/mol. The van der Waals surface area contributed by atoms with Gasteiger partial charge in [0.1, 0.15) is 22.8 Å². The van der Waals surface area contributed by atoms with Crippen LogP contribution >= 0.6 is 11.6 Å². The molecule has 1 N–H and O–H groups in total. The summed E-state index contributed by atoms with van der Waals surface area (Å²) < 4.78 is 18.8. The predicted octanol–water partition coefficient (Wildman–Crippen LogP) is 4.69. The van der Waals surface area contributed by atoms with Crippen LogP contribution in [0.3, 0.4) is 0 Å². The maximum atomic E-state index is 13.7. The predicted molar refractivity (Wildman–Crippen MR) is 86.0 cm³/mol. The molecule has 0 spiro atoms. The third-order valence-corrected chi connectivity index (χ3v) is 3.67. The van der Waals surface area contributed by atoms with Crippen molar-refractivity contribution in [1.82, 2.24) is 5.16 Å². The van der Waals surface area contributed by atoms with Crippen LogP contribution in [-0.2, 0) is 0 Å². The Hall–Kier alpha value is -2.66. The summed E-state index contributed by atoms with van der Waals surface area (Å²) in [6.45, 7) is 1.61. The van der Waals surface area contributed by atoms with Crippen LogP contribution in [-0.4, -0.2) is 11.1 Å². The molecule has 4 nitrogen and oxygen atoms in total. The van der Waals surface area contributed by atoms with Crippen LogP contribution in [0.25, 0.3) is 11.3 Å². The lowest BCUT2D eigenvalue weighted by molar-refractivity contribution is 0.102. The number of nitrogens with zero attached hydrogens (tertiary/aromatic N) is 1. The molecule has 0 saturated heterocycles. The number of amides is 1. The Labute approximate surface area is 136 Å². The largest absolute Gasteiger partial charge is 0.360 e. The average molecular weight is 331 g/mol. The average Bonchev–Trinajstić information content (AvgIpc) is 2.91. The highest BCUT2D eigenvalue weighted by Gasteiger charge is 2.23. The Morgan fingerprint density at radius 1 is 1.17 bits per heavy atom. The summed E-state index contributed by atoms with van der Waals surface area (Å²) in [4.78, 5) is 12.5. The van der Waals surface area contributed by atoms with Crippen LogP contribution in [0.15, 0.2) is 53.1 Å². The first-order valence-corrected chi connectivity index (χ1v) is 7.23. The standard InChI is InChI=1S/C17H12ClFN2O2/c1-10-15(17(22)20-14-9-5-4-8-13(14)19)16(21-23-10)11-6-2-3-7-12(11)18/h2-9H,1H3,(H,20,22). The van der Waals surface area contributed by atoms with Crippen LogP contribution in [0.5, 0.6) is 0 Å². The zero-order valence-electron chi connectivity index (χ0n) is 12.1. The summed E-state index contributed by atoms with van der Waals surface area (Å²) in [5.74, 6) is -0.702. The van der Waals surface area contributed by atoms with Gasteiger partial charge in [-0.25, -0.2) is 4.39 Å². The van der Waals surface area contributed by atoms with E-state index in [1.807, 2.05) is 0 Å². The summed E-state index contributed by atoms with van der Waals surface area (Å²) in [5.41, 5.74) is 1.20. The van der Waals surface area contributed by atoms with Crippen molar-refractivity contribution in [3.05, 3.63) is 70.7 Å². The van der Waals surface area contributed by atoms with Crippen LogP contribution < -0.4 is 5.32 Å². The van der Waals surface area contributed by atoms with Gasteiger partial charge in [-0.3, -0.25) is 4.79 Å². The lowest BCUT2D eigenvalue weighted by Gasteiger charge is -2.07. The van der Waals surface area contributed by atoms with Gasteiger partial charge < -0.3 is 9.84 Å². The molecule has 0 atom stereocenters. The lowest BCUT2D eigenvalue weighted by Crippen LogP contribution is -2.14. The van der Waals surface area contributed by atoms with Crippen molar-refractivity contribution in [2.45, 2.75) is 6.92 Å². The van der Waals surface area contributed by atoms with E-state index >= 15 is 0 Å². The summed E-state index contributed by atoms with van der Waals surface area (Å²) in [6.07, 6.45) is 0. The number of hydrogen-bond acceptors (Lipinski definition) is 3. The van der Waals surface area contributed by atoms with Crippen molar-refractivity contribution in [3.63, 3.8) is 0 Å². The summed E-state index contributed by atoms with van der Waals surface area (Å²) >= 11 is 6.16. The van der Waals surface area contributed by atoms with Gasteiger partial charge in [-0.2, -0.15) is 0 Å². The number of hydrogen-bond donors (Lipinski definition) is 1.